The van der Waals surface area contributed by atoms with Gasteiger partial charge in [-0.3, -0.25) is 4.79 Å². The Hall–Kier alpha value is -2.90. The first-order valence-corrected chi connectivity index (χ1v) is 6.07. The second-order valence-electron chi connectivity index (χ2n) is 4.04. The molecule has 0 radical (unpaired) electrons. The van der Waals surface area contributed by atoms with Crippen LogP contribution < -0.4 is 21.1 Å². The van der Waals surface area contributed by atoms with Gasteiger partial charge in [0.1, 0.15) is 5.75 Å². The first-order valence-electron chi connectivity index (χ1n) is 6.07. The van der Waals surface area contributed by atoms with Crippen molar-refractivity contribution in [2.75, 3.05) is 24.7 Å². The quantitative estimate of drug-likeness (QED) is 0.761. The number of carbonyl (C=O) groups is 1. The average molecular weight is 291 g/mol. The Morgan fingerprint density at radius 1 is 1.48 bits per heavy atom. The van der Waals surface area contributed by atoms with Gasteiger partial charge in [0.15, 0.2) is 18.2 Å². The van der Waals surface area contributed by atoms with Crippen molar-refractivity contribution in [1.82, 2.24) is 15.3 Å². The Kier molecular flexibility index (Phi) is 4.50. The molecule has 0 saturated carbocycles. The number of hydrogen-bond acceptors (Lipinski definition) is 6. The van der Waals surface area contributed by atoms with Gasteiger partial charge in [0.2, 0.25) is 5.95 Å². The van der Waals surface area contributed by atoms with Crippen LogP contribution in [0.15, 0.2) is 30.5 Å². The second kappa shape index (κ2) is 6.51. The molecule has 1 heterocycles. The van der Waals surface area contributed by atoms with Crippen molar-refractivity contribution < 1.29 is 13.9 Å². The number of ether oxygens (including phenoxy) is 1. The molecule has 21 heavy (non-hydrogen) atoms. The summed E-state index contributed by atoms with van der Waals surface area (Å²) in [6.07, 6.45) is 0.983. The molecule has 0 aliphatic rings. The van der Waals surface area contributed by atoms with Crippen molar-refractivity contribution in [1.29, 1.82) is 0 Å². The number of likely N-dealkylation sites (N-methyl/N-ethyl adjacent to an activating group) is 1. The number of anilines is 3. The monoisotopic (exact) mass is 291 g/mol. The van der Waals surface area contributed by atoms with Crippen molar-refractivity contribution >= 4 is 23.4 Å². The van der Waals surface area contributed by atoms with Gasteiger partial charge in [-0.1, -0.05) is 6.07 Å². The van der Waals surface area contributed by atoms with Crippen LogP contribution in [0.1, 0.15) is 0 Å². The second-order valence-corrected chi connectivity index (χ2v) is 4.04. The molecule has 7 nitrogen and oxygen atoms in total. The van der Waals surface area contributed by atoms with E-state index in [4.69, 9.17) is 10.5 Å². The van der Waals surface area contributed by atoms with E-state index in [9.17, 15) is 9.18 Å². The molecule has 0 aliphatic carbocycles. The van der Waals surface area contributed by atoms with E-state index in [2.05, 4.69) is 20.6 Å². The van der Waals surface area contributed by atoms with E-state index in [1.54, 1.807) is 24.3 Å². The van der Waals surface area contributed by atoms with Gasteiger partial charge < -0.3 is 21.1 Å². The molecule has 0 atom stereocenters. The Balaban J connectivity index is 2.06. The summed E-state index contributed by atoms with van der Waals surface area (Å²) >= 11 is 0. The van der Waals surface area contributed by atoms with E-state index in [0.29, 0.717) is 11.4 Å². The number of rotatable bonds is 5. The molecule has 2 aromatic rings. The maximum atomic E-state index is 13.0. The molecule has 1 amide bonds. The number of halogens is 1. The summed E-state index contributed by atoms with van der Waals surface area (Å²) in [7, 11) is 1.53. The smallest absolute Gasteiger partial charge is 0.257 e. The van der Waals surface area contributed by atoms with E-state index < -0.39 is 5.82 Å². The topological polar surface area (TPSA) is 102 Å². The summed E-state index contributed by atoms with van der Waals surface area (Å²) in [4.78, 5) is 18.6. The largest absolute Gasteiger partial charge is 0.484 e. The number of nitrogen functional groups attached to an aromatic ring is 1. The Labute approximate surface area is 120 Å². The van der Waals surface area contributed by atoms with E-state index in [-0.39, 0.29) is 24.3 Å². The molecule has 0 aliphatic heterocycles. The standard InChI is InChI=1S/C13H14FN5O2/c1-16-11(20)7-21-9-4-2-3-8(5-9)18-13-17-6-10(14)12(15)19-13/h2-6H,7H2,1H3,(H,16,20)(H3,15,17,18,19). The minimum atomic E-state index is -0.678. The van der Waals surface area contributed by atoms with Crippen LogP contribution in [-0.4, -0.2) is 29.5 Å². The lowest BCUT2D eigenvalue weighted by molar-refractivity contribution is -0.122. The molecule has 0 spiro atoms. The molecule has 1 aromatic carbocycles. The molecule has 0 saturated heterocycles. The molecule has 0 bridgehead atoms. The molecule has 2 rings (SSSR count). The number of carbonyl (C=O) groups excluding carboxylic acids is 1. The summed E-state index contributed by atoms with van der Waals surface area (Å²) in [6, 6.07) is 6.84. The highest BCUT2D eigenvalue weighted by Crippen LogP contribution is 2.20. The highest BCUT2D eigenvalue weighted by atomic mass is 19.1. The van der Waals surface area contributed by atoms with Gasteiger partial charge in [0, 0.05) is 18.8 Å². The number of amides is 1. The fourth-order valence-electron chi connectivity index (χ4n) is 1.45. The molecular weight excluding hydrogens is 277 g/mol. The lowest BCUT2D eigenvalue weighted by atomic mass is 10.3. The normalized spacial score (nSPS) is 10.0. The Morgan fingerprint density at radius 2 is 2.29 bits per heavy atom. The fraction of sp³-hybridized carbons (Fsp3) is 0.154. The SMILES string of the molecule is CNC(=O)COc1cccc(Nc2ncc(F)c(N)n2)c1. The van der Waals surface area contributed by atoms with Gasteiger partial charge in [0.25, 0.3) is 5.91 Å². The zero-order chi connectivity index (χ0) is 15.2. The highest BCUT2D eigenvalue weighted by Gasteiger charge is 2.05. The van der Waals surface area contributed by atoms with Crippen LogP contribution in [-0.2, 0) is 4.79 Å². The van der Waals surface area contributed by atoms with Crippen LogP contribution in [0.2, 0.25) is 0 Å². The predicted octanol–water partition coefficient (Wildman–Crippen LogP) is 1.07. The predicted molar refractivity (Wildman–Crippen MR) is 75.7 cm³/mol. The molecule has 0 fully saturated rings. The molecule has 8 heteroatoms. The van der Waals surface area contributed by atoms with Crippen molar-refractivity contribution in [2.45, 2.75) is 0 Å². The maximum Gasteiger partial charge on any atom is 0.257 e. The van der Waals surface area contributed by atoms with Crippen LogP contribution in [0, 0.1) is 5.82 Å². The van der Waals surface area contributed by atoms with Gasteiger partial charge in [-0.15, -0.1) is 0 Å². The number of hydrogen-bond donors (Lipinski definition) is 3. The fourth-order valence-corrected chi connectivity index (χ4v) is 1.45. The van der Waals surface area contributed by atoms with E-state index in [0.717, 1.165) is 6.20 Å². The van der Waals surface area contributed by atoms with Crippen molar-refractivity contribution in [3.8, 4) is 5.75 Å². The molecule has 0 unspecified atom stereocenters. The van der Waals surface area contributed by atoms with E-state index in [1.807, 2.05) is 0 Å². The first-order chi connectivity index (χ1) is 10.1. The van der Waals surface area contributed by atoms with Crippen molar-refractivity contribution in [2.24, 2.45) is 0 Å². The Morgan fingerprint density at radius 3 is 3.00 bits per heavy atom. The summed E-state index contributed by atoms with van der Waals surface area (Å²) < 4.78 is 18.3. The molecule has 4 N–H and O–H groups in total. The zero-order valence-corrected chi connectivity index (χ0v) is 11.3. The van der Waals surface area contributed by atoms with Crippen LogP contribution >= 0.6 is 0 Å². The Bertz CT molecular complexity index is 650. The lowest BCUT2D eigenvalue weighted by Crippen LogP contribution is -2.24. The number of nitrogens with two attached hydrogens (primary N) is 1. The van der Waals surface area contributed by atoms with Gasteiger partial charge in [-0.25, -0.2) is 9.37 Å². The molecule has 110 valence electrons. The minimum Gasteiger partial charge on any atom is -0.484 e. The number of aromatic nitrogens is 2. The number of nitrogens with one attached hydrogen (secondary N) is 2. The van der Waals surface area contributed by atoms with Crippen LogP contribution in [0.4, 0.5) is 21.8 Å². The number of nitrogens with zero attached hydrogens (tertiary/aromatic N) is 2. The van der Waals surface area contributed by atoms with Gasteiger partial charge >= 0.3 is 0 Å². The third-order valence-corrected chi connectivity index (χ3v) is 2.51. The minimum absolute atomic E-state index is 0.0834. The zero-order valence-electron chi connectivity index (χ0n) is 11.3. The van der Waals surface area contributed by atoms with Gasteiger partial charge in [0.05, 0.1) is 6.20 Å². The summed E-state index contributed by atoms with van der Waals surface area (Å²) in [5.74, 6) is -0.484. The lowest BCUT2D eigenvalue weighted by Gasteiger charge is -2.09. The summed E-state index contributed by atoms with van der Waals surface area (Å²) in [5.41, 5.74) is 5.99. The van der Waals surface area contributed by atoms with Crippen LogP contribution in [0.25, 0.3) is 0 Å². The number of benzene rings is 1. The van der Waals surface area contributed by atoms with Crippen LogP contribution in [0.5, 0.6) is 5.75 Å². The van der Waals surface area contributed by atoms with E-state index >= 15 is 0 Å². The third kappa shape index (κ3) is 4.03. The van der Waals surface area contributed by atoms with Crippen LogP contribution in [0.3, 0.4) is 0 Å². The van der Waals surface area contributed by atoms with Crippen molar-refractivity contribution in [3.05, 3.63) is 36.3 Å². The molecular formula is C13H14FN5O2. The van der Waals surface area contributed by atoms with Gasteiger partial charge in [-0.2, -0.15) is 4.98 Å². The maximum absolute atomic E-state index is 13.0. The molecule has 1 aromatic heterocycles. The first kappa shape index (κ1) is 14.5. The summed E-state index contributed by atoms with van der Waals surface area (Å²) in [6.45, 7) is -0.0834. The summed E-state index contributed by atoms with van der Waals surface area (Å²) in [5, 5.41) is 5.32. The van der Waals surface area contributed by atoms with Crippen molar-refractivity contribution in [3.63, 3.8) is 0 Å². The average Bonchev–Trinajstić information content (AvgIpc) is 2.49. The van der Waals surface area contributed by atoms with Gasteiger partial charge in [-0.05, 0) is 12.1 Å². The third-order valence-electron chi connectivity index (χ3n) is 2.51. The highest BCUT2D eigenvalue weighted by molar-refractivity contribution is 5.77. The van der Waals surface area contributed by atoms with E-state index in [1.165, 1.54) is 7.05 Å².